The van der Waals surface area contributed by atoms with Gasteiger partial charge in [-0.15, -0.1) is 0 Å². The molecule has 0 aliphatic heterocycles. The summed E-state index contributed by atoms with van der Waals surface area (Å²) >= 11 is 0. The maximum absolute atomic E-state index is 5.08. The highest BCUT2D eigenvalue weighted by molar-refractivity contribution is 5.29. The van der Waals surface area contributed by atoms with Crippen LogP contribution in [0.3, 0.4) is 0 Å². The zero-order chi connectivity index (χ0) is 13.5. The van der Waals surface area contributed by atoms with E-state index in [1.807, 2.05) is 0 Å². The molecule has 0 saturated heterocycles. The molecule has 0 atom stereocenters. The zero-order valence-electron chi connectivity index (χ0n) is 12.3. The van der Waals surface area contributed by atoms with E-state index in [-0.39, 0.29) is 0 Å². The molecule has 2 rings (SSSR count). The number of methoxy groups -OCH3 is 1. The molecule has 1 fully saturated rings. The largest absolute Gasteiger partial charge is 0.385 e. The first-order valence-electron chi connectivity index (χ1n) is 7.59. The smallest absolute Gasteiger partial charge is 0.203 e. The molecule has 1 aromatic heterocycles. The van der Waals surface area contributed by atoms with E-state index in [9.17, 15) is 0 Å². The van der Waals surface area contributed by atoms with Gasteiger partial charge >= 0.3 is 0 Å². The molecule has 1 aliphatic rings. The maximum atomic E-state index is 5.08. The number of nitrogens with zero attached hydrogens (tertiary/aromatic N) is 2. The third kappa shape index (κ3) is 4.23. The summed E-state index contributed by atoms with van der Waals surface area (Å²) in [5, 5.41) is 3.46. The van der Waals surface area contributed by atoms with Crippen molar-refractivity contribution in [3.63, 3.8) is 0 Å². The third-order valence-corrected chi connectivity index (χ3v) is 3.88. The van der Waals surface area contributed by atoms with Crippen molar-refractivity contribution in [2.45, 2.75) is 57.9 Å². The van der Waals surface area contributed by atoms with Crippen LogP contribution in [0.5, 0.6) is 0 Å². The van der Waals surface area contributed by atoms with E-state index in [4.69, 9.17) is 4.74 Å². The second kappa shape index (κ2) is 7.53. The first-order valence-corrected chi connectivity index (χ1v) is 7.59. The molecule has 1 aromatic rings. The number of nitrogens with one attached hydrogen (secondary N) is 1. The molecule has 0 bridgehead atoms. The predicted molar refractivity (Wildman–Crippen MR) is 78.7 cm³/mol. The summed E-state index contributed by atoms with van der Waals surface area (Å²) in [5.74, 6) is 1.04. The maximum Gasteiger partial charge on any atom is 0.203 e. The normalized spacial score (nSPS) is 17.4. The van der Waals surface area contributed by atoms with Crippen LogP contribution in [0, 0.1) is 6.92 Å². The van der Waals surface area contributed by atoms with Crippen LogP contribution in [0.1, 0.15) is 56.7 Å². The van der Waals surface area contributed by atoms with E-state index >= 15 is 0 Å². The van der Waals surface area contributed by atoms with Crippen LogP contribution in [0.4, 0.5) is 5.95 Å². The first kappa shape index (κ1) is 14.4. The molecule has 0 spiro atoms. The van der Waals surface area contributed by atoms with E-state index in [1.165, 1.54) is 38.5 Å². The minimum Gasteiger partial charge on any atom is -0.385 e. The Morgan fingerprint density at radius 1 is 1.32 bits per heavy atom. The second-order valence-electron chi connectivity index (χ2n) is 5.53. The summed E-state index contributed by atoms with van der Waals surface area (Å²) in [6.45, 7) is 3.81. The summed E-state index contributed by atoms with van der Waals surface area (Å²) < 4.78 is 7.45. The Bertz CT molecular complexity index is 367. The average Bonchev–Trinajstić information content (AvgIpc) is 2.64. The van der Waals surface area contributed by atoms with Crippen LogP contribution in [0.15, 0.2) is 6.20 Å². The van der Waals surface area contributed by atoms with Crippen molar-refractivity contribution in [3.8, 4) is 0 Å². The van der Waals surface area contributed by atoms with E-state index in [1.54, 1.807) is 7.11 Å². The van der Waals surface area contributed by atoms with Gasteiger partial charge in [-0.05, 0) is 26.2 Å². The predicted octanol–water partition coefficient (Wildman–Crippen LogP) is 3.54. The highest BCUT2D eigenvalue weighted by Gasteiger charge is 2.17. The fraction of sp³-hybridized carbons (Fsp3) is 0.800. The molecule has 1 N–H and O–H groups in total. The molecule has 4 heteroatoms. The van der Waals surface area contributed by atoms with Crippen molar-refractivity contribution < 1.29 is 4.74 Å². The minimum absolute atomic E-state index is 0.633. The van der Waals surface area contributed by atoms with Gasteiger partial charge in [0.1, 0.15) is 0 Å². The van der Waals surface area contributed by atoms with Crippen molar-refractivity contribution in [1.29, 1.82) is 0 Å². The van der Waals surface area contributed by atoms with Gasteiger partial charge in [0.15, 0.2) is 0 Å². The lowest BCUT2D eigenvalue weighted by molar-refractivity contribution is 0.197. The molecule has 0 aromatic carbocycles. The fourth-order valence-corrected chi connectivity index (χ4v) is 2.88. The standard InChI is InChI=1S/C15H27N3O/c1-13-12-18(14-8-5-3-4-6-9-14)15(17-13)16-10-7-11-19-2/h12,14H,3-11H2,1-2H3,(H,16,17). The monoisotopic (exact) mass is 265 g/mol. The van der Waals surface area contributed by atoms with Gasteiger partial charge in [-0.3, -0.25) is 0 Å². The molecule has 1 aliphatic carbocycles. The van der Waals surface area contributed by atoms with E-state index in [2.05, 4.69) is 28.0 Å². The molecule has 0 unspecified atom stereocenters. The number of aromatic nitrogens is 2. The molecule has 1 heterocycles. The lowest BCUT2D eigenvalue weighted by atomic mass is 10.1. The quantitative estimate of drug-likeness (QED) is 0.631. The highest BCUT2D eigenvalue weighted by Crippen LogP contribution is 2.29. The fourth-order valence-electron chi connectivity index (χ4n) is 2.88. The molecule has 0 radical (unpaired) electrons. The Kier molecular flexibility index (Phi) is 5.70. The van der Waals surface area contributed by atoms with Crippen LogP contribution in [-0.4, -0.2) is 29.8 Å². The van der Waals surface area contributed by atoms with Gasteiger partial charge in [-0.25, -0.2) is 4.98 Å². The zero-order valence-corrected chi connectivity index (χ0v) is 12.3. The highest BCUT2D eigenvalue weighted by atomic mass is 16.5. The van der Waals surface area contributed by atoms with Gasteiger partial charge < -0.3 is 14.6 Å². The van der Waals surface area contributed by atoms with Gasteiger partial charge in [-0.1, -0.05) is 25.7 Å². The summed E-state index contributed by atoms with van der Waals surface area (Å²) in [4.78, 5) is 4.63. The Labute approximate surface area is 116 Å². The molecule has 108 valence electrons. The molecular weight excluding hydrogens is 238 g/mol. The topological polar surface area (TPSA) is 39.1 Å². The number of hydrogen-bond acceptors (Lipinski definition) is 3. The Morgan fingerprint density at radius 2 is 2.05 bits per heavy atom. The van der Waals surface area contributed by atoms with Crippen LogP contribution in [0.2, 0.25) is 0 Å². The number of hydrogen-bond donors (Lipinski definition) is 1. The molecule has 4 nitrogen and oxygen atoms in total. The van der Waals surface area contributed by atoms with Crippen molar-refractivity contribution >= 4 is 5.95 Å². The molecular formula is C15H27N3O. The van der Waals surface area contributed by atoms with Crippen LogP contribution in [-0.2, 0) is 4.74 Å². The number of aryl methyl sites for hydroxylation is 1. The second-order valence-corrected chi connectivity index (χ2v) is 5.53. The number of rotatable bonds is 6. The van der Waals surface area contributed by atoms with Gasteiger partial charge in [0.25, 0.3) is 0 Å². The van der Waals surface area contributed by atoms with Gasteiger partial charge in [0, 0.05) is 32.5 Å². The lowest BCUT2D eigenvalue weighted by Crippen LogP contribution is -2.14. The van der Waals surface area contributed by atoms with Crippen LogP contribution in [0.25, 0.3) is 0 Å². The summed E-state index contributed by atoms with van der Waals surface area (Å²) in [7, 11) is 1.75. The van der Waals surface area contributed by atoms with Crippen molar-refractivity contribution in [2.75, 3.05) is 25.6 Å². The minimum atomic E-state index is 0.633. The summed E-state index contributed by atoms with van der Waals surface area (Å²) in [6, 6.07) is 0.633. The van der Waals surface area contributed by atoms with Crippen LogP contribution >= 0.6 is 0 Å². The van der Waals surface area contributed by atoms with Crippen molar-refractivity contribution in [3.05, 3.63) is 11.9 Å². The Hall–Kier alpha value is -1.03. The van der Waals surface area contributed by atoms with Crippen LogP contribution < -0.4 is 5.32 Å². The number of ether oxygens (including phenoxy) is 1. The Balaban J connectivity index is 1.98. The van der Waals surface area contributed by atoms with Gasteiger partial charge in [-0.2, -0.15) is 0 Å². The molecule has 19 heavy (non-hydrogen) atoms. The van der Waals surface area contributed by atoms with Crippen molar-refractivity contribution in [2.24, 2.45) is 0 Å². The van der Waals surface area contributed by atoms with Gasteiger partial charge in [0.05, 0.1) is 5.69 Å². The Morgan fingerprint density at radius 3 is 2.74 bits per heavy atom. The number of imidazole rings is 1. The summed E-state index contributed by atoms with van der Waals surface area (Å²) in [6.07, 6.45) is 11.3. The third-order valence-electron chi connectivity index (χ3n) is 3.88. The van der Waals surface area contributed by atoms with E-state index < -0.39 is 0 Å². The SMILES string of the molecule is COCCCNc1nc(C)cn1C1CCCCCC1. The first-order chi connectivity index (χ1) is 9.31. The number of anilines is 1. The lowest BCUT2D eigenvalue weighted by Gasteiger charge is -2.19. The van der Waals surface area contributed by atoms with Gasteiger partial charge in [0.2, 0.25) is 5.95 Å². The summed E-state index contributed by atoms with van der Waals surface area (Å²) in [5.41, 5.74) is 1.11. The van der Waals surface area contributed by atoms with E-state index in [0.717, 1.165) is 31.2 Å². The van der Waals surface area contributed by atoms with Crippen molar-refractivity contribution in [1.82, 2.24) is 9.55 Å². The average molecular weight is 265 g/mol. The molecule has 1 saturated carbocycles. The van der Waals surface area contributed by atoms with E-state index in [0.29, 0.717) is 6.04 Å². The molecule has 0 amide bonds.